The van der Waals surface area contributed by atoms with Crippen molar-refractivity contribution >= 4 is 0 Å². The summed E-state index contributed by atoms with van der Waals surface area (Å²) in [5, 5.41) is 9.65. The Morgan fingerprint density at radius 1 is 0.741 bits per heavy atom. The molecule has 2 N–H and O–H groups in total. The van der Waals surface area contributed by atoms with Crippen molar-refractivity contribution in [3.8, 4) is 0 Å². The zero-order valence-electron chi connectivity index (χ0n) is 18.5. The Morgan fingerprint density at radius 2 is 1.15 bits per heavy atom. The van der Waals surface area contributed by atoms with Crippen LogP contribution in [0.25, 0.3) is 0 Å². The number of rotatable bonds is 18. The van der Waals surface area contributed by atoms with Crippen LogP contribution in [-0.2, 0) is 6.42 Å². The molecule has 158 valence electrons. The lowest BCUT2D eigenvalue weighted by Crippen LogP contribution is -1.94. The largest absolute Gasteiger partial charge is 0.387 e. The Labute approximate surface area is 168 Å². The molecule has 1 unspecified atom stereocenters. The monoisotopic (exact) mass is 378 g/mol. The highest BCUT2D eigenvalue weighted by Crippen LogP contribution is 2.17. The number of nitrogens with one attached hydrogen (secondary N) is 1. The van der Waals surface area contributed by atoms with Gasteiger partial charge in [0.05, 0.1) is 11.8 Å². The van der Waals surface area contributed by atoms with Crippen LogP contribution in [0.5, 0.6) is 0 Å². The van der Waals surface area contributed by atoms with Gasteiger partial charge in [-0.2, -0.15) is 0 Å². The van der Waals surface area contributed by atoms with Crippen LogP contribution >= 0.6 is 0 Å². The molecule has 0 fully saturated rings. The Morgan fingerprint density at radius 3 is 1.52 bits per heavy atom. The van der Waals surface area contributed by atoms with Gasteiger partial charge in [-0.1, -0.05) is 103 Å². The van der Waals surface area contributed by atoms with Gasteiger partial charge in [0.1, 0.15) is 5.82 Å². The zero-order chi connectivity index (χ0) is 19.7. The van der Waals surface area contributed by atoms with Gasteiger partial charge in [0.2, 0.25) is 0 Å². The second kappa shape index (κ2) is 16.2. The zero-order valence-corrected chi connectivity index (χ0v) is 18.5. The van der Waals surface area contributed by atoms with E-state index < -0.39 is 6.10 Å². The van der Waals surface area contributed by atoms with Gasteiger partial charge in [-0.3, -0.25) is 0 Å². The van der Waals surface area contributed by atoms with E-state index in [4.69, 9.17) is 0 Å². The van der Waals surface area contributed by atoms with E-state index in [2.05, 4.69) is 16.9 Å². The van der Waals surface area contributed by atoms with Gasteiger partial charge in [0, 0.05) is 12.1 Å². The second-order valence-corrected chi connectivity index (χ2v) is 8.42. The summed E-state index contributed by atoms with van der Waals surface area (Å²) >= 11 is 0. The number of nitrogens with zero attached hydrogens (tertiary/aromatic N) is 1. The molecule has 1 rings (SSSR count). The van der Waals surface area contributed by atoms with Gasteiger partial charge < -0.3 is 10.1 Å². The van der Waals surface area contributed by atoms with Crippen molar-refractivity contribution in [3.05, 3.63) is 17.2 Å². The number of aromatic nitrogens is 2. The molecule has 0 spiro atoms. The van der Waals surface area contributed by atoms with E-state index in [1.54, 1.807) is 6.92 Å². The van der Waals surface area contributed by atoms with Crippen molar-refractivity contribution in [1.82, 2.24) is 9.97 Å². The fourth-order valence-corrected chi connectivity index (χ4v) is 3.90. The van der Waals surface area contributed by atoms with E-state index in [0.717, 1.165) is 23.6 Å². The van der Waals surface area contributed by atoms with Crippen LogP contribution in [0.2, 0.25) is 0 Å². The lowest BCUT2D eigenvalue weighted by atomic mass is 10.0. The molecule has 0 aliphatic heterocycles. The van der Waals surface area contributed by atoms with E-state index in [1.165, 1.54) is 103 Å². The summed E-state index contributed by atoms with van der Waals surface area (Å²) in [6.07, 6.45) is 23.0. The van der Waals surface area contributed by atoms with E-state index >= 15 is 0 Å². The first-order valence-corrected chi connectivity index (χ1v) is 11.9. The summed E-state index contributed by atoms with van der Waals surface area (Å²) in [5.41, 5.74) is 1.82. The van der Waals surface area contributed by atoms with Crippen LogP contribution in [0.15, 0.2) is 0 Å². The molecule has 1 aromatic rings. The molecule has 1 atom stereocenters. The van der Waals surface area contributed by atoms with E-state index in [0.29, 0.717) is 0 Å². The second-order valence-electron chi connectivity index (χ2n) is 8.42. The molecule has 3 nitrogen and oxygen atoms in total. The fraction of sp³-hybridized carbons (Fsp3) is 0.875. The summed E-state index contributed by atoms with van der Waals surface area (Å²) in [6, 6.07) is 0. The highest BCUT2D eigenvalue weighted by Gasteiger charge is 2.10. The molecular weight excluding hydrogens is 332 g/mol. The van der Waals surface area contributed by atoms with Crippen LogP contribution in [0.3, 0.4) is 0 Å². The quantitative estimate of drug-likeness (QED) is 0.259. The maximum atomic E-state index is 9.65. The summed E-state index contributed by atoms with van der Waals surface area (Å²) in [7, 11) is 0. The molecule has 0 bridgehead atoms. The predicted molar refractivity (Wildman–Crippen MR) is 117 cm³/mol. The highest BCUT2D eigenvalue weighted by atomic mass is 16.3. The molecular formula is C24H46N2O. The molecule has 1 heterocycles. The molecule has 0 aromatic carbocycles. The molecule has 0 saturated heterocycles. The lowest BCUT2D eigenvalue weighted by Gasteiger charge is -2.03. The highest BCUT2D eigenvalue weighted by molar-refractivity contribution is 5.15. The number of aromatic amines is 1. The van der Waals surface area contributed by atoms with Crippen molar-refractivity contribution in [3.63, 3.8) is 0 Å². The lowest BCUT2D eigenvalue weighted by molar-refractivity contribution is 0.194. The van der Waals surface area contributed by atoms with Gasteiger partial charge >= 0.3 is 0 Å². The van der Waals surface area contributed by atoms with Crippen LogP contribution in [-0.4, -0.2) is 15.1 Å². The summed E-state index contributed by atoms with van der Waals surface area (Å²) < 4.78 is 0. The number of hydrogen-bond acceptors (Lipinski definition) is 2. The summed E-state index contributed by atoms with van der Waals surface area (Å²) in [5.74, 6) is 1.04. The Kier molecular flexibility index (Phi) is 14.5. The minimum Gasteiger partial charge on any atom is -0.387 e. The molecule has 3 heteroatoms. The maximum absolute atomic E-state index is 9.65. The van der Waals surface area contributed by atoms with Crippen molar-refractivity contribution in [2.24, 2.45) is 0 Å². The third-order valence-corrected chi connectivity index (χ3v) is 5.63. The van der Waals surface area contributed by atoms with Crippen molar-refractivity contribution in [1.29, 1.82) is 0 Å². The predicted octanol–water partition coefficient (Wildman–Crippen LogP) is 7.58. The van der Waals surface area contributed by atoms with Crippen LogP contribution in [0, 0.1) is 6.92 Å². The first kappa shape index (κ1) is 24.2. The first-order chi connectivity index (χ1) is 13.1. The number of aliphatic hydroxyl groups excluding tert-OH is 1. The average Bonchev–Trinajstić information content (AvgIpc) is 3.02. The van der Waals surface area contributed by atoms with Crippen LogP contribution in [0.1, 0.15) is 140 Å². The minimum atomic E-state index is -0.471. The van der Waals surface area contributed by atoms with Crippen molar-refractivity contribution in [2.45, 2.75) is 136 Å². The number of aryl methyl sites for hydroxylation is 2. The number of H-pyrrole nitrogens is 1. The number of aliphatic hydroxyl groups is 1. The van der Waals surface area contributed by atoms with E-state index in [9.17, 15) is 5.11 Å². The normalized spacial score (nSPS) is 12.6. The van der Waals surface area contributed by atoms with Crippen LogP contribution in [0.4, 0.5) is 0 Å². The van der Waals surface area contributed by atoms with Crippen LogP contribution < -0.4 is 0 Å². The summed E-state index contributed by atoms with van der Waals surface area (Å²) in [6.45, 7) is 6.06. The molecule has 0 radical (unpaired) electrons. The van der Waals surface area contributed by atoms with Crippen molar-refractivity contribution in [2.75, 3.05) is 0 Å². The standard InChI is InChI=1S/C24H46N2O/c1-4-5-6-7-8-9-10-11-12-13-14-15-16-17-18-19-20-23-25-21(2)24(26-23)22(3)27/h22,27H,4-20H2,1-3H3,(H,25,26). The molecule has 0 aliphatic rings. The summed E-state index contributed by atoms with van der Waals surface area (Å²) in [4.78, 5) is 7.82. The van der Waals surface area contributed by atoms with Gasteiger partial charge in [0.25, 0.3) is 0 Å². The molecule has 0 amide bonds. The van der Waals surface area contributed by atoms with E-state index in [-0.39, 0.29) is 0 Å². The number of imidazole rings is 1. The fourth-order valence-electron chi connectivity index (χ4n) is 3.90. The van der Waals surface area contributed by atoms with Gasteiger partial charge in [-0.25, -0.2) is 4.98 Å². The minimum absolute atomic E-state index is 0.471. The first-order valence-electron chi connectivity index (χ1n) is 11.9. The number of unbranched alkanes of at least 4 members (excludes halogenated alkanes) is 15. The molecule has 0 aliphatic carbocycles. The van der Waals surface area contributed by atoms with Gasteiger partial charge in [-0.15, -0.1) is 0 Å². The Bertz CT molecular complexity index is 453. The van der Waals surface area contributed by atoms with Crippen molar-refractivity contribution < 1.29 is 5.11 Å². The third-order valence-electron chi connectivity index (χ3n) is 5.63. The van der Waals surface area contributed by atoms with E-state index in [1.807, 2.05) is 6.92 Å². The maximum Gasteiger partial charge on any atom is 0.106 e. The third kappa shape index (κ3) is 12.3. The number of hydrogen-bond donors (Lipinski definition) is 2. The topological polar surface area (TPSA) is 48.9 Å². The van der Waals surface area contributed by atoms with Gasteiger partial charge in [0.15, 0.2) is 0 Å². The molecule has 1 aromatic heterocycles. The SMILES string of the molecule is CCCCCCCCCCCCCCCCCCc1nc(C(C)O)c(C)[nH]1. The molecule has 0 saturated carbocycles. The Balaban J connectivity index is 1.82. The molecule has 27 heavy (non-hydrogen) atoms. The smallest absolute Gasteiger partial charge is 0.106 e. The Hall–Kier alpha value is -0.830. The average molecular weight is 379 g/mol. The van der Waals surface area contributed by atoms with Gasteiger partial charge in [-0.05, 0) is 20.3 Å².